The zero-order valence-electron chi connectivity index (χ0n) is 10.6. The van der Waals surface area contributed by atoms with E-state index in [9.17, 15) is 9.59 Å². The second-order valence-electron chi connectivity index (χ2n) is 5.05. The first kappa shape index (κ1) is 13.1. The van der Waals surface area contributed by atoms with Gasteiger partial charge in [-0.15, -0.1) is 0 Å². The van der Waals surface area contributed by atoms with Crippen LogP contribution in [0, 0.1) is 11.8 Å². The van der Waals surface area contributed by atoms with Crippen molar-refractivity contribution in [3.05, 3.63) is 0 Å². The van der Waals surface area contributed by atoms with Crippen LogP contribution in [0.5, 0.6) is 0 Å². The van der Waals surface area contributed by atoms with Crippen molar-refractivity contribution in [3.8, 4) is 0 Å². The maximum absolute atomic E-state index is 12.0. The van der Waals surface area contributed by atoms with Gasteiger partial charge in [0, 0.05) is 13.1 Å². The normalized spacial score (nSPS) is 31.6. The van der Waals surface area contributed by atoms with Crippen LogP contribution in [0.1, 0.15) is 19.8 Å². The van der Waals surface area contributed by atoms with Crippen LogP contribution in [0.2, 0.25) is 0 Å². The number of ether oxygens (including phenoxy) is 1. The molecular weight excluding hydrogens is 236 g/mol. The lowest BCUT2D eigenvalue weighted by Crippen LogP contribution is -2.48. The minimum atomic E-state index is -0.911. The maximum Gasteiger partial charge on any atom is 0.317 e. The Morgan fingerprint density at radius 3 is 2.83 bits per heavy atom. The lowest BCUT2D eigenvalue weighted by molar-refractivity contribution is -0.142. The Morgan fingerprint density at radius 1 is 1.44 bits per heavy atom. The van der Waals surface area contributed by atoms with Gasteiger partial charge < -0.3 is 20.1 Å². The molecule has 18 heavy (non-hydrogen) atoms. The summed E-state index contributed by atoms with van der Waals surface area (Å²) in [5, 5.41) is 11.8. The first-order chi connectivity index (χ1) is 8.61. The van der Waals surface area contributed by atoms with Crippen molar-refractivity contribution in [1.82, 2.24) is 10.2 Å². The van der Waals surface area contributed by atoms with E-state index in [1.54, 1.807) is 4.90 Å². The van der Waals surface area contributed by atoms with Crippen molar-refractivity contribution in [2.45, 2.75) is 25.8 Å². The number of nitrogens with one attached hydrogen (secondary N) is 1. The quantitative estimate of drug-likeness (QED) is 0.772. The topological polar surface area (TPSA) is 78.9 Å². The molecule has 0 saturated carbocycles. The first-order valence-electron chi connectivity index (χ1n) is 6.47. The molecule has 6 nitrogen and oxygen atoms in total. The zero-order chi connectivity index (χ0) is 13.1. The van der Waals surface area contributed by atoms with E-state index in [1.807, 2.05) is 0 Å². The first-order valence-corrected chi connectivity index (χ1v) is 6.47. The van der Waals surface area contributed by atoms with E-state index in [0.717, 1.165) is 25.9 Å². The lowest BCUT2D eigenvalue weighted by atomic mass is 10.0. The Labute approximate surface area is 106 Å². The molecule has 0 aliphatic carbocycles. The monoisotopic (exact) mass is 256 g/mol. The molecule has 2 fully saturated rings. The average Bonchev–Trinajstić information content (AvgIpc) is 2.96. The highest BCUT2D eigenvalue weighted by molar-refractivity contribution is 5.77. The average molecular weight is 256 g/mol. The minimum absolute atomic E-state index is 0.160. The number of hydrogen-bond acceptors (Lipinski definition) is 3. The molecule has 2 rings (SSSR count). The van der Waals surface area contributed by atoms with E-state index < -0.39 is 17.9 Å². The van der Waals surface area contributed by atoms with Crippen molar-refractivity contribution < 1.29 is 19.4 Å². The van der Waals surface area contributed by atoms with Crippen LogP contribution in [-0.4, -0.2) is 54.4 Å². The van der Waals surface area contributed by atoms with Gasteiger partial charge in [-0.2, -0.15) is 0 Å². The Kier molecular flexibility index (Phi) is 4.06. The fraction of sp³-hybridized carbons (Fsp3) is 0.833. The predicted molar refractivity (Wildman–Crippen MR) is 64.2 cm³/mol. The van der Waals surface area contributed by atoms with Crippen LogP contribution in [0.25, 0.3) is 0 Å². The van der Waals surface area contributed by atoms with Crippen molar-refractivity contribution in [2.75, 3.05) is 26.3 Å². The van der Waals surface area contributed by atoms with E-state index in [0.29, 0.717) is 5.92 Å². The molecule has 6 heteroatoms. The molecule has 0 aromatic carbocycles. The lowest BCUT2D eigenvalue weighted by Gasteiger charge is -2.21. The summed E-state index contributed by atoms with van der Waals surface area (Å²) < 4.78 is 5.12. The summed E-state index contributed by atoms with van der Waals surface area (Å²) in [6, 6.07) is -0.566. The third-order valence-corrected chi connectivity index (χ3v) is 3.86. The van der Waals surface area contributed by atoms with Crippen molar-refractivity contribution >= 4 is 12.0 Å². The summed E-state index contributed by atoms with van der Waals surface area (Å²) >= 11 is 0. The summed E-state index contributed by atoms with van der Waals surface area (Å²) in [7, 11) is 0. The Bertz CT molecular complexity index is 334. The highest BCUT2D eigenvalue weighted by atomic mass is 16.5. The van der Waals surface area contributed by atoms with Gasteiger partial charge in [0.05, 0.1) is 19.3 Å². The van der Waals surface area contributed by atoms with E-state index in [-0.39, 0.29) is 19.2 Å². The SMILES string of the molecule is CCC1CCN(C(=O)NC2COCC2C(=O)O)C1. The van der Waals surface area contributed by atoms with Gasteiger partial charge in [0.15, 0.2) is 0 Å². The molecule has 102 valence electrons. The summed E-state index contributed by atoms with van der Waals surface area (Å²) in [6.07, 6.45) is 2.11. The number of carbonyl (C=O) groups is 2. The fourth-order valence-electron chi connectivity index (χ4n) is 2.54. The number of carbonyl (C=O) groups excluding carboxylic acids is 1. The van der Waals surface area contributed by atoms with Crippen LogP contribution in [0.3, 0.4) is 0 Å². The summed E-state index contributed by atoms with van der Waals surface area (Å²) in [6.45, 7) is 4.12. The molecular formula is C12H20N2O4. The van der Waals surface area contributed by atoms with Gasteiger partial charge in [0.25, 0.3) is 0 Å². The van der Waals surface area contributed by atoms with Gasteiger partial charge in [-0.05, 0) is 12.3 Å². The van der Waals surface area contributed by atoms with E-state index in [1.165, 1.54) is 0 Å². The van der Waals surface area contributed by atoms with Gasteiger partial charge in [0.1, 0.15) is 5.92 Å². The molecule has 2 saturated heterocycles. The number of carboxylic acids is 1. The third-order valence-electron chi connectivity index (χ3n) is 3.86. The maximum atomic E-state index is 12.0. The Morgan fingerprint density at radius 2 is 2.22 bits per heavy atom. The minimum Gasteiger partial charge on any atom is -0.481 e. The van der Waals surface area contributed by atoms with E-state index in [2.05, 4.69) is 12.2 Å². The summed E-state index contributed by atoms with van der Waals surface area (Å²) in [5.41, 5.74) is 0. The number of carboxylic acid groups (broad SMARTS) is 1. The van der Waals surface area contributed by atoms with E-state index >= 15 is 0 Å². The third kappa shape index (κ3) is 2.75. The summed E-state index contributed by atoms with van der Waals surface area (Å²) in [5.74, 6) is -0.963. The molecule has 2 aliphatic rings. The highest BCUT2D eigenvalue weighted by Gasteiger charge is 2.36. The molecule has 0 bridgehead atoms. The number of amides is 2. The number of hydrogen-bond donors (Lipinski definition) is 2. The zero-order valence-corrected chi connectivity index (χ0v) is 10.6. The van der Waals surface area contributed by atoms with E-state index in [4.69, 9.17) is 9.84 Å². The van der Waals surface area contributed by atoms with Crippen LogP contribution in [0.4, 0.5) is 4.79 Å². The van der Waals surface area contributed by atoms with Crippen molar-refractivity contribution in [3.63, 3.8) is 0 Å². The smallest absolute Gasteiger partial charge is 0.317 e. The van der Waals surface area contributed by atoms with Crippen molar-refractivity contribution in [1.29, 1.82) is 0 Å². The molecule has 3 unspecified atom stereocenters. The molecule has 2 heterocycles. The number of urea groups is 1. The van der Waals surface area contributed by atoms with Gasteiger partial charge in [-0.1, -0.05) is 13.3 Å². The molecule has 2 N–H and O–H groups in total. The van der Waals surface area contributed by atoms with Gasteiger partial charge >= 0.3 is 12.0 Å². The standard InChI is InChI=1S/C12H20N2O4/c1-2-8-3-4-14(5-8)12(17)13-10-7-18-6-9(10)11(15)16/h8-10H,2-7H2,1H3,(H,13,17)(H,15,16). The largest absolute Gasteiger partial charge is 0.481 e. The van der Waals surface area contributed by atoms with Crippen LogP contribution >= 0.6 is 0 Å². The van der Waals surface area contributed by atoms with Gasteiger partial charge in [-0.25, -0.2) is 4.79 Å². The predicted octanol–water partition coefficient (Wildman–Crippen LogP) is 0.527. The fourth-order valence-corrected chi connectivity index (χ4v) is 2.54. The van der Waals surface area contributed by atoms with Gasteiger partial charge in [0.2, 0.25) is 0 Å². The molecule has 2 amide bonds. The molecule has 3 atom stereocenters. The Hall–Kier alpha value is -1.30. The molecule has 2 aliphatic heterocycles. The number of rotatable bonds is 3. The number of nitrogens with zero attached hydrogens (tertiary/aromatic N) is 1. The molecule has 0 aromatic heterocycles. The van der Waals surface area contributed by atoms with Crippen molar-refractivity contribution in [2.24, 2.45) is 11.8 Å². The second-order valence-corrected chi connectivity index (χ2v) is 5.05. The molecule has 0 radical (unpaired) electrons. The highest BCUT2D eigenvalue weighted by Crippen LogP contribution is 2.20. The number of aliphatic carboxylic acids is 1. The molecule has 0 aromatic rings. The summed E-state index contributed by atoms with van der Waals surface area (Å²) in [4.78, 5) is 24.7. The van der Waals surface area contributed by atoms with Crippen LogP contribution in [0.15, 0.2) is 0 Å². The second kappa shape index (κ2) is 5.56. The Balaban J connectivity index is 1.86. The van der Waals surface area contributed by atoms with Gasteiger partial charge in [-0.3, -0.25) is 4.79 Å². The number of likely N-dealkylation sites (tertiary alicyclic amines) is 1. The van der Waals surface area contributed by atoms with Crippen LogP contribution in [-0.2, 0) is 9.53 Å². The molecule has 0 spiro atoms. The van der Waals surface area contributed by atoms with Crippen LogP contribution < -0.4 is 5.32 Å².